The first-order chi connectivity index (χ1) is 8.59. The summed E-state index contributed by atoms with van der Waals surface area (Å²) in [6.07, 6.45) is 2.92. The van der Waals surface area contributed by atoms with E-state index in [1.165, 1.54) is 12.4 Å². The summed E-state index contributed by atoms with van der Waals surface area (Å²) < 4.78 is 0. The van der Waals surface area contributed by atoms with E-state index in [4.69, 9.17) is 5.11 Å². The Morgan fingerprint density at radius 2 is 2.22 bits per heavy atom. The number of rotatable bonds is 3. The number of aromatic nitrogens is 3. The molecule has 0 aliphatic rings. The lowest BCUT2D eigenvalue weighted by atomic mass is 10.2. The number of anilines is 1. The summed E-state index contributed by atoms with van der Waals surface area (Å²) in [7, 11) is 0. The molecule has 0 aliphatic heterocycles. The van der Waals surface area contributed by atoms with Crippen LogP contribution in [0.15, 0.2) is 24.5 Å². The Hall–Kier alpha value is -2.70. The van der Waals surface area contributed by atoms with Crippen LogP contribution < -0.4 is 5.32 Å². The molecule has 0 radical (unpaired) electrons. The van der Waals surface area contributed by atoms with Crippen LogP contribution in [0, 0.1) is 6.92 Å². The number of aromatic amines is 1. The van der Waals surface area contributed by atoms with E-state index in [-0.39, 0.29) is 11.4 Å². The minimum atomic E-state index is -1.15. The number of hydrogen-bond acceptors (Lipinski definition) is 4. The number of H-pyrrole nitrogens is 1. The average molecular weight is 246 g/mol. The highest BCUT2D eigenvalue weighted by molar-refractivity contribution is 6.07. The van der Waals surface area contributed by atoms with Crippen LogP contribution in [0.3, 0.4) is 0 Å². The van der Waals surface area contributed by atoms with Gasteiger partial charge in [-0.05, 0) is 19.1 Å². The van der Waals surface area contributed by atoms with E-state index < -0.39 is 11.9 Å². The van der Waals surface area contributed by atoms with Crippen molar-refractivity contribution in [3.63, 3.8) is 0 Å². The Morgan fingerprint density at radius 3 is 2.83 bits per heavy atom. The third-order valence-corrected chi connectivity index (χ3v) is 2.32. The Morgan fingerprint density at radius 1 is 1.44 bits per heavy atom. The van der Waals surface area contributed by atoms with Gasteiger partial charge in [-0.1, -0.05) is 0 Å². The number of carbonyl (C=O) groups is 2. The Labute approximate surface area is 102 Å². The molecule has 3 N–H and O–H groups in total. The number of nitrogens with one attached hydrogen (secondary N) is 2. The molecule has 0 atom stereocenters. The third-order valence-electron chi connectivity index (χ3n) is 2.32. The summed E-state index contributed by atoms with van der Waals surface area (Å²) >= 11 is 0. The Kier molecular flexibility index (Phi) is 3.05. The minimum Gasteiger partial charge on any atom is -0.477 e. The summed E-state index contributed by atoms with van der Waals surface area (Å²) in [6, 6.07) is 3.19. The molecule has 2 rings (SSSR count). The molecule has 2 aromatic heterocycles. The minimum absolute atomic E-state index is 0.00569. The molecule has 0 aliphatic carbocycles. The standard InChI is InChI=1S/C11H10N4O3/c1-6-8(11(17)18)9(15-14-6)13-10(16)7-3-2-4-12-5-7/h2-5H,1H3,(H,17,18)(H2,13,14,15,16). The summed E-state index contributed by atoms with van der Waals surface area (Å²) in [5.41, 5.74) is 0.658. The maximum atomic E-state index is 11.8. The van der Waals surface area contributed by atoms with Gasteiger partial charge in [0.05, 0.1) is 5.56 Å². The van der Waals surface area contributed by atoms with E-state index >= 15 is 0 Å². The first kappa shape index (κ1) is 11.8. The molecule has 0 saturated heterocycles. The lowest BCUT2D eigenvalue weighted by Gasteiger charge is -2.02. The number of aryl methyl sites for hydroxylation is 1. The maximum absolute atomic E-state index is 11.8. The second kappa shape index (κ2) is 4.66. The third kappa shape index (κ3) is 2.19. The summed E-state index contributed by atoms with van der Waals surface area (Å²) in [5, 5.41) is 17.7. The van der Waals surface area contributed by atoms with Crippen LogP contribution in [0.5, 0.6) is 0 Å². The number of hydrogen-bond donors (Lipinski definition) is 3. The van der Waals surface area contributed by atoms with E-state index in [1.54, 1.807) is 19.1 Å². The van der Waals surface area contributed by atoms with E-state index in [2.05, 4.69) is 20.5 Å². The predicted octanol–water partition coefficient (Wildman–Crippen LogP) is 1.06. The van der Waals surface area contributed by atoms with Crippen molar-refractivity contribution in [1.82, 2.24) is 15.2 Å². The van der Waals surface area contributed by atoms with E-state index in [0.29, 0.717) is 11.3 Å². The summed E-state index contributed by atoms with van der Waals surface area (Å²) in [5.74, 6) is -1.62. The van der Waals surface area contributed by atoms with Crippen LogP contribution in [0.4, 0.5) is 5.82 Å². The van der Waals surface area contributed by atoms with Crippen LogP contribution in [-0.4, -0.2) is 32.2 Å². The first-order valence-electron chi connectivity index (χ1n) is 5.09. The molecule has 0 unspecified atom stereocenters. The SMILES string of the molecule is Cc1[nH]nc(NC(=O)c2cccnc2)c1C(=O)O. The zero-order chi connectivity index (χ0) is 13.1. The van der Waals surface area contributed by atoms with Crippen LogP contribution in [-0.2, 0) is 0 Å². The first-order valence-corrected chi connectivity index (χ1v) is 5.09. The number of carboxylic acids is 1. The molecule has 2 heterocycles. The molecule has 0 aromatic carbocycles. The smallest absolute Gasteiger partial charge is 0.341 e. The molecule has 1 amide bonds. The van der Waals surface area contributed by atoms with Crippen LogP contribution in [0.2, 0.25) is 0 Å². The van der Waals surface area contributed by atoms with Gasteiger partial charge in [0, 0.05) is 18.1 Å². The lowest BCUT2D eigenvalue weighted by Crippen LogP contribution is -2.14. The Balaban J connectivity index is 2.25. The van der Waals surface area contributed by atoms with Gasteiger partial charge < -0.3 is 10.4 Å². The van der Waals surface area contributed by atoms with Crippen molar-refractivity contribution < 1.29 is 14.7 Å². The van der Waals surface area contributed by atoms with Gasteiger partial charge in [-0.25, -0.2) is 4.79 Å². The summed E-state index contributed by atoms with van der Waals surface area (Å²) in [4.78, 5) is 26.6. The van der Waals surface area contributed by atoms with E-state index in [9.17, 15) is 9.59 Å². The molecule has 7 nitrogen and oxygen atoms in total. The topological polar surface area (TPSA) is 108 Å². The quantitative estimate of drug-likeness (QED) is 0.750. The normalized spacial score (nSPS) is 10.1. The zero-order valence-electron chi connectivity index (χ0n) is 9.47. The largest absolute Gasteiger partial charge is 0.477 e. The van der Waals surface area contributed by atoms with Crippen molar-refractivity contribution in [2.24, 2.45) is 0 Å². The zero-order valence-corrected chi connectivity index (χ0v) is 9.47. The van der Waals surface area contributed by atoms with Gasteiger partial charge in [0.1, 0.15) is 5.56 Å². The number of pyridine rings is 1. The van der Waals surface area contributed by atoms with Crippen LogP contribution in [0.25, 0.3) is 0 Å². The van der Waals surface area contributed by atoms with Crippen molar-refractivity contribution in [2.75, 3.05) is 5.32 Å². The number of aromatic carboxylic acids is 1. The Bertz CT molecular complexity index is 592. The molecular weight excluding hydrogens is 236 g/mol. The summed E-state index contributed by atoms with van der Waals surface area (Å²) in [6.45, 7) is 1.57. The fraction of sp³-hybridized carbons (Fsp3) is 0.0909. The van der Waals surface area contributed by atoms with Crippen LogP contribution >= 0.6 is 0 Å². The number of nitrogens with zero attached hydrogens (tertiary/aromatic N) is 2. The van der Waals surface area contributed by atoms with Crippen LogP contribution in [0.1, 0.15) is 26.4 Å². The van der Waals surface area contributed by atoms with Crippen molar-refractivity contribution in [1.29, 1.82) is 0 Å². The number of carboxylic acid groups (broad SMARTS) is 1. The second-order valence-corrected chi connectivity index (χ2v) is 3.57. The molecule has 2 aromatic rings. The molecule has 0 bridgehead atoms. The van der Waals surface area contributed by atoms with E-state index in [0.717, 1.165) is 0 Å². The van der Waals surface area contributed by atoms with Gasteiger partial charge >= 0.3 is 5.97 Å². The van der Waals surface area contributed by atoms with Crippen molar-refractivity contribution >= 4 is 17.7 Å². The molecule has 0 fully saturated rings. The molecule has 0 saturated carbocycles. The highest BCUT2D eigenvalue weighted by Gasteiger charge is 2.19. The highest BCUT2D eigenvalue weighted by atomic mass is 16.4. The highest BCUT2D eigenvalue weighted by Crippen LogP contribution is 2.16. The van der Waals surface area contributed by atoms with Gasteiger partial charge in [-0.3, -0.25) is 14.9 Å². The van der Waals surface area contributed by atoms with Gasteiger partial charge in [-0.15, -0.1) is 0 Å². The lowest BCUT2D eigenvalue weighted by molar-refractivity contribution is 0.0697. The molecule has 92 valence electrons. The van der Waals surface area contributed by atoms with Crippen molar-refractivity contribution in [3.8, 4) is 0 Å². The molecule has 0 spiro atoms. The average Bonchev–Trinajstić information content (AvgIpc) is 2.71. The molecule has 18 heavy (non-hydrogen) atoms. The fourth-order valence-electron chi connectivity index (χ4n) is 1.46. The van der Waals surface area contributed by atoms with E-state index in [1.807, 2.05) is 0 Å². The number of carbonyl (C=O) groups excluding carboxylic acids is 1. The molecular formula is C11H10N4O3. The van der Waals surface area contributed by atoms with Crippen molar-refractivity contribution in [3.05, 3.63) is 41.3 Å². The number of amides is 1. The fourth-order valence-corrected chi connectivity index (χ4v) is 1.46. The predicted molar refractivity (Wildman–Crippen MR) is 62.5 cm³/mol. The molecule has 7 heteroatoms. The van der Waals surface area contributed by atoms with Gasteiger partial charge in [0.15, 0.2) is 5.82 Å². The monoisotopic (exact) mass is 246 g/mol. The van der Waals surface area contributed by atoms with Gasteiger partial charge in [0.25, 0.3) is 5.91 Å². The maximum Gasteiger partial charge on any atom is 0.341 e. The van der Waals surface area contributed by atoms with Gasteiger partial charge in [0.2, 0.25) is 0 Å². The second-order valence-electron chi connectivity index (χ2n) is 3.57. The van der Waals surface area contributed by atoms with Crippen molar-refractivity contribution in [2.45, 2.75) is 6.92 Å². The van der Waals surface area contributed by atoms with Gasteiger partial charge in [-0.2, -0.15) is 5.10 Å².